The maximum absolute atomic E-state index is 14.2. The second kappa shape index (κ2) is 6.02. The molecule has 6 heteroatoms. The van der Waals surface area contributed by atoms with Gasteiger partial charge in [0.2, 0.25) is 5.91 Å². The molecule has 0 radical (unpaired) electrons. The van der Waals surface area contributed by atoms with Gasteiger partial charge in [0, 0.05) is 11.8 Å². The Kier molecular flexibility index (Phi) is 4.17. The summed E-state index contributed by atoms with van der Waals surface area (Å²) in [5.74, 6) is -2.30. The highest BCUT2D eigenvalue weighted by Crippen LogP contribution is 2.39. The lowest BCUT2D eigenvalue weighted by atomic mass is 9.89. The third-order valence-corrected chi connectivity index (χ3v) is 6.52. The summed E-state index contributed by atoms with van der Waals surface area (Å²) < 4.78 is 40.2. The van der Waals surface area contributed by atoms with E-state index in [0.717, 1.165) is 5.56 Å². The highest BCUT2D eigenvalue weighted by atomic mass is 32.2. The molecule has 3 rings (SSSR count). The fourth-order valence-corrected chi connectivity index (χ4v) is 4.96. The average molecular weight is 347 g/mol. The van der Waals surface area contributed by atoms with Crippen molar-refractivity contribution in [1.29, 1.82) is 0 Å². The highest BCUT2D eigenvalue weighted by Gasteiger charge is 2.48. The van der Waals surface area contributed by atoms with Gasteiger partial charge in [-0.1, -0.05) is 42.8 Å². The molecule has 0 saturated carbocycles. The number of halogens is 1. The second-order valence-corrected chi connectivity index (χ2v) is 8.19. The zero-order valence-electron chi connectivity index (χ0n) is 13.4. The van der Waals surface area contributed by atoms with Crippen LogP contribution in [0.4, 0.5) is 4.39 Å². The molecule has 0 spiro atoms. The lowest BCUT2D eigenvalue weighted by Gasteiger charge is -2.22. The van der Waals surface area contributed by atoms with E-state index in [2.05, 4.69) is 5.32 Å². The number of sulfone groups is 1. The molecule has 24 heavy (non-hydrogen) atoms. The van der Waals surface area contributed by atoms with E-state index >= 15 is 0 Å². The van der Waals surface area contributed by atoms with Gasteiger partial charge in [-0.3, -0.25) is 4.79 Å². The molecule has 4 nitrogen and oxygen atoms in total. The van der Waals surface area contributed by atoms with E-state index in [-0.39, 0.29) is 16.4 Å². The number of aryl methyl sites for hydroxylation is 1. The predicted molar refractivity (Wildman–Crippen MR) is 88.6 cm³/mol. The van der Waals surface area contributed by atoms with Gasteiger partial charge in [-0.05, 0) is 30.7 Å². The van der Waals surface area contributed by atoms with E-state index < -0.39 is 32.9 Å². The smallest absolute Gasteiger partial charge is 0.224 e. The first kappa shape index (κ1) is 16.6. The van der Waals surface area contributed by atoms with Crippen LogP contribution in [0.1, 0.15) is 24.0 Å². The number of nitrogens with one attached hydrogen (secondary N) is 1. The van der Waals surface area contributed by atoms with Crippen LogP contribution in [0.25, 0.3) is 0 Å². The molecule has 0 aliphatic carbocycles. The van der Waals surface area contributed by atoms with E-state index in [9.17, 15) is 17.6 Å². The maximum Gasteiger partial charge on any atom is 0.224 e. The minimum Gasteiger partial charge on any atom is -0.338 e. The van der Waals surface area contributed by atoms with Gasteiger partial charge in [0.1, 0.15) is 11.2 Å². The molecule has 2 aromatic rings. The summed E-state index contributed by atoms with van der Waals surface area (Å²) >= 11 is 0. The van der Waals surface area contributed by atoms with Gasteiger partial charge in [0.05, 0.1) is 4.90 Å². The molecule has 3 unspecified atom stereocenters. The van der Waals surface area contributed by atoms with Crippen LogP contribution in [0.2, 0.25) is 0 Å². The number of carbonyl (C=O) groups is 1. The summed E-state index contributed by atoms with van der Waals surface area (Å²) in [6.07, 6.45) is 0. The largest absolute Gasteiger partial charge is 0.338 e. The SMILES string of the molecule is Cc1ccc(S(=O)(=O)C2NC(=O)C(C)C2c2ccccc2F)cc1. The van der Waals surface area contributed by atoms with Crippen LogP contribution in [0.5, 0.6) is 0 Å². The lowest BCUT2D eigenvalue weighted by molar-refractivity contribution is -0.122. The van der Waals surface area contributed by atoms with Crippen LogP contribution in [0, 0.1) is 18.7 Å². The summed E-state index contributed by atoms with van der Waals surface area (Å²) in [5.41, 5.74) is 1.17. The van der Waals surface area contributed by atoms with Crippen LogP contribution in [-0.4, -0.2) is 19.7 Å². The third kappa shape index (κ3) is 2.71. The Morgan fingerprint density at radius 2 is 1.67 bits per heavy atom. The molecule has 1 heterocycles. The Morgan fingerprint density at radius 3 is 2.29 bits per heavy atom. The van der Waals surface area contributed by atoms with Gasteiger partial charge in [-0.25, -0.2) is 12.8 Å². The lowest BCUT2D eigenvalue weighted by Crippen LogP contribution is -2.36. The van der Waals surface area contributed by atoms with Crippen molar-refractivity contribution in [1.82, 2.24) is 5.32 Å². The zero-order valence-corrected chi connectivity index (χ0v) is 14.2. The molecular formula is C18H18FNO3S. The van der Waals surface area contributed by atoms with E-state index in [1.54, 1.807) is 25.1 Å². The number of rotatable bonds is 3. The van der Waals surface area contributed by atoms with Crippen LogP contribution in [0.15, 0.2) is 53.4 Å². The molecule has 126 valence electrons. The van der Waals surface area contributed by atoms with E-state index in [1.807, 2.05) is 6.92 Å². The van der Waals surface area contributed by atoms with Gasteiger partial charge in [-0.2, -0.15) is 0 Å². The predicted octanol–water partition coefficient (Wildman–Crippen LogP) is 2.78. The quantitative estimate of drug-likeness (QED) is 0.929. The number of amides is 1. The molecule has 3 atom stereocenters. The van der Waals surface area contributed by atoms with Crippen LogP contribution in [0.3, 0.4) is 0 Å². The minimum atomic E-state index is -3.83. The van der Waals surface area contributed by atoms with Crippen LogP contribution in [-0.2, 0) is 14.6 Å². The van der Waals surface area contributed by atoms with Crippen molar-refractivity contribution in [2.75, 3.05) is 0 Å². The molecule has 2 aromatic carbocycles. The average Bonchev–Trinajstić information content (AvgIpc) is 2.85. The summed E-state index contributed by atoms with van der Waals surface area (Å²) in [5, 5.41) is 1.36. The summed E-state index contributed by atoms with van der Waals surface area (Å²) in [6, 6.07) is 12.4. The molecule has 0 aromatic heterocycles. The Labute approximate surface area is 140 Å². The van der Waals surface area contributed by atoms with Gasteiger partial charge in [0.15, 0.2) is 9.84 Å². The molecule has 0 bridgehead atoms. The Morgan fingerprint density at radius 1 is 1.04 bits per heavy atom. The number of carbonyl (C=O) groups excluding carboxylic acids is 1. The Balaban J connectivity index is 2.09. The highest BCUT2D eigenvalue weighted by molar-refractivity contribution is 7.92. The van der Waals surface area contributed by atoms with Gasteiger partial charge in [0.25, 0.3) is 0 Å². The van der Waals surface area contributed by atoms with Crippen LogP contribution < -0.4 is 5.32 Å². The van der Waals surface area contributed by atoms with E-state index in [4.69, 9.17) is 0 Å². The van der Waals surface area contributed by atoms with E-state index in [1.165, 1.54) is 30.3 Å². The van der Waals surface area contributed by atoms with Crippen molar-refractivity contribution in [2.24, 2.45) is 5.92 Å². The van der Waals surface area contributed by atoms with Crippen molar-refractivity contribution < 1.29 is 17.6 Å². The summed E-state index contributed by atoms with van der Waals surface area (Å²) in [6.45, 7) is 3.48. The third-order valence-electron chi connectivity index (χ3n) is 4.51. The molecule has 1 saturated heterocycles. The molecule has 1 aliphatic rings. The maximum atomic E-state index is 14.2. The van der Waals surface area contributed by atoms with E-state index in [0.29, 0.717) is 0 Å². The number of benzene rings is 2. The standard InChI is InChI=1S/C18H18FNO3S/c1-11-7-9-13(10-8-11)24(22,23)18-16(12(2)17(21)20-18)14-5-3-4-6-15(14)19/h3-10,12,16,18H,1-2H3,(H,20,21). The normalized spacial score (nSPS) is 24.0. The van der Waals surface area contributed by atoms with Crippen LogP contribution >= 0.6 is 0 Å². The Hall–Kier alpha value is -2.21. The molecule has 1 N–H and O–H groups in total. The number of hydrogen-bond acceptors (Lipinski definition) is 3. The topological polar surface area (TPSA) is 63.2 Å². The molecule has 1 fully saturated rings. The second-order valence-electron chi connectivity index (χ2n) is 6.12. The molecule has 1 amide bonds. The summed E-state index contributed by atoms with van der Waals surface area (Å²) in [7, 11) is -3.83. The van der Waals surface area contributed by atoms with Crippen molar-refractivity contribution >= 4 is 15.7 Å². The Bertz CT molecular complexity index is 877. The van der Waals surface area contributed by atoms with Gasteiger partial charge in [-0.15, -0.1) is 0 Å². The summed E-state index contributed by atoms with van der Waals surface area (Å²) in [4.78, 5) is 12.2. The first-order chi connectivity index (χ1) is 11.3. The van der Waals surface area contributed by atoms with Crippen molar-refractivity contribution in [3.05, 3.63) is 65.5 Å². The zero-order chi connectivity index (χ0) is 17.5. The molecule has 1 aliphatic heterocycles. The van der Waals surface area contributed by atoms with Crippen molar-refractivity contribution in [3.8, 4) is 0 Å². The monoisotopic (exact) mass is 347 g/mol. The van der Waals surface area contributed by atoms with Gasteiger partial charge < -0.3 is 5.32 Å². The fourth-order valence-electron chi connectivity index (χ4n) is 3.11. The molecular weight excluding hydrogens is 329 g/mol. The first-order valence-electron chi connectivity index (χ1n) is 7.68. The van der Waals surface area contributed by atoms with Crippen molar-refractivity contribution in [2.45, 2.75) is 30.0 Å². The van der Waals surface area contributed by atoms with Crippen molar-refractivity contribution in [3.63, 3.8) is 0 Å². The number of hydrogen-bond donors (Lipinski definition) is 1. The fraction of sp³-hybridized carbons (Fsp3) is 0.278. The minimum absolute atomic E-state index is 0.119. The van der Waals surface area contributed by atoms with Gasteiger partial charge >= 0.3 is 0 Å². The first-order valence-corrected chi connectivity index (χ1v) is 9.22.